The molecule has 1 aliphatic carbocycles. The highest BCUT2D eigenvalue weighted by atomic mass is 16.2. The molecule has 1 N–H and O–H groups in total. The predicted octanol–water partition coefficient (Wildman–Crippen LogP) is 3.03. The summed E-state index contributed by atoms with van der Waals surface area (Å²) >= 11 is 0. The van der Waals surface area contributed by atoms with Gasteiger partial charge in [0.05, 0.1) is 6.04 Å². The number of nitrogens with zero attached hydrogens (tertiary/aromatic N) is 2. The molecule has 1 aromatic rings. The number of hydrogen-bond acceptors (Lipinski definition) is 3. The van der Waals surface area contributed by atoms with Crippen LogP contribution in [0, 0.1) is 5.92 Å². The number of amides is 1. The lowest BCUT2D eigenvalue weighted by Gasteiger charge is -2.40. The van der Waals surface area contributed by atoms with Gasteiger partial charge in [0, 0.05) is 25.7 Å². The zero-order valence-electron chi connectivity index (χ0n) is 15.9. The number of hydrogen-bond donors (Lipinski definition) is 1. The van der Waals surface area contributed by atoms with Gasteiger partial charge >= 0.3 is 0 Å². The van der Waals surface area contributed by atoms with Crippen LogP contribution >= 0.6 is 0 Å². The first-order valence-corrected chi connectivity index (χ1v) is 10.6. The number of carbonyl (C=O) groups excluding carboxylic acids is 1. The standard InChI is InChI=1S/C22H33N3O/c26-22(24-14-11-20(12-15-24)23-16-18-9-10-18)21-8-4-5-13-25(21)17-19-6-2-1-3-7-19/h1-3,6-7,18,20-21,23H,4-5,8-17H2. The molecular formula is C22H33N3O. The van der Waals surface area contributed by atoms with Gasteiger partial charge in [0.2, 0.25) is 5.91 Å². The highest BCUT2D eigenvalue weighted by Crippen LogP contribution is 2.28. The van der Waals surface area contributed by atoms with E-state index in [1.165, 1.54) is 37.8 Å². The van der Waals surface area contributed by atoms with E-state index in [2.05, 4.69) is 45.4 Å². The molecule has 1 amide bonds. The van der Waals surface area contributed by atoms with E-state index in [9.17, 15) is 4.79 Å². The molecule has 0 radical (unpaired) electrons. The summed E-state index contributed by atoms with van der Waals surface area (Å²) in [5.74, 6) is 1.31. The van der Waals surface area contributed by atoms with Crippen LogP contribution < -0.4 is 5.32 Å². The van der Waals surface area contributed by atoms with Crippen LogP contribution in [0.2, 0.25) is 0 Å². The van der Waals surface area contributed by atoms with Crippen molar-refractivity contribution in [1.29, 1.82) is 0 Å². The smallest absolute Gasteiger partial charge is 0.239 e. The van der Waals surface area contributed by atoms with Crippen molar-refractivity contribution in [2.45, 2.75) is 63.6 Å². The van der Waals surface area contributed by atoms with Crippen molar-refractivity contribution in [3.63, 3.8) is 0 Å². The van der Waals surface area contributed by atoms with Gasteiger partial charge in [-0.15, -0.1) is 0 Å². The molecule has 2 saturated heterocycles. The van der Waals surface area contributed by atoms with E-state index in [0.29, 0.717) is 11.9 Å². The summed E-state index contributed by atoms with van der Waals surface area (Å²) in [7, 11) is 0. The van der Waals surface area contributed by atoms with Gasteiger partial charge in [0.1, 0.15) is 0 Å². The Morgan fingerprint density at radius 1 is 0.962 bits per heavy atom. The highest BCUT2D eigenvalue weighted by Gasteiger charge is 2.33. The number of carbonyl (C=O) groups is 1. The van der Waals surface area contributed by atoms with Crippen molar-refractivity contribution in [2.24, 2.45) is 5.92 Å². The molecule has 3 aliphatic rings. The highest BCUT2D eigenvalue weighted by molar-refractivity contribution is 5.82. The SMILES string of the molecule is O=C(C1CCCCN1Cc1ccccc1)N1CCC(NCC2CC2)CC1. The fraction of sp³-hybridized carbons (Fsp3) is 0.682. The lowest BCUT2D eigenvalue weighted by atomic mass is 9.98. The van der Waals surface area contributed by atoms with Gasteiger partial charge in [-0.05, 0) is 63.1 Å². The second-order valence-electron chi connectivity index (χ2n) is 8.42. The van der Waals surface area contributed by atoms with Crippen LogP contribution in [0.5, 0.6) is 0 Å². The quantitative estimate of drug-likeness (QED) is 0.852. The predicted molar refractivity (Wildman–Crippen MR) is 105 cm³/mol. The van der Waals surface area contributed by atoms with E-state index in [1.807, 2.05) is 0 Å². The van der Waals surface area contributed by atoms with Crippen molar-refractivity contribution in [3.8, 4) is 0 Å². The minimum atomic E-state index is 0.0833. The summed E-state index contributed by atoms with van der Waals surface area (Å²) < 4.78 is 0. The Kier molecular flexibility index (Phi) is 5.91. The largest absolute Gasteiger partial charge is 0.341 e. The van der Waals surface area contributed by atoms with Crippen LogP contribution in [0.25, 0.3) is 0 Å². The van der Waals surface area contributed by atoms with Crippen LogP contribution in [0.1, 0.15) is 50.5 Å². The number of rotatable bonds is 6. The Morgan fingerprint density at radius 3 is 2.46 bits per heavy atom. The minimum absolute atomic E-state index is 0.0833. The third kappa shape index (κ3) is 4.66. The Balaban J connectivity index is 1.30. The van der Waals surface area contributed by atoms with Crippen LogP contribution in [0.4, 0.5) is 0 Å². The number of likely N-dealkylation sites (tertiary alicyclic amines) is 2. The van der Waals surface area contributed by atoms with Crippen molar-refractivity contribution in [2.75, 3.05) is 26.2 Å². The molecule has 1 atom stereocenters. The first-order chi connectivity index (χ1) is 12.8. The zero-order chi connectivity index (χ0) is 17.8. The lowest BCUT2D eigenvalue weighted by Crippen LogP contribution is -2.53. The van der Waals surface area contributed by atoms with Crippen LogP contribution in [-0.2, 0) is 11.3 Å². The van der Waals surface area contributed by atoms with Crippen molar-refractivity contribution < 1.29 is 4.79 Å². The molecule has 26 heavy (non-hydrogen) atoms. The molecule has 2 heterocycles. The van der Waals surface area contributed by atoms with Gasteiger partial charge in [-0.3, -0.25) is 9.69 Å². The van der Waals surface area contributed by atoms with E-state index in [0.717, 1.165) is 51.4 Å². The summed E-state index contributed by atoms with van der Waals surface area (Å²) in [6.07, 6.45) is 8.46. The molecular weight excluding hydrogens is 322 g/mol. The van der Waals surface area contributed by atoms with E-state index >= 15 is 0 Å². The molecule has 2 aliphatic heterocycles. The third-order valence-corrected chi connectivity index (χ3v) is 6.33. The van der Waals surface area contributed by atoms with E-state index < -0.39 is 0 Å². The average Bonchev–Trinajstić information content (AvgIpc) is 3.52. The second kappa shape index (κ2) is 8.53. The molecule has 1 saturated carbocycles. The molecule has 4 heteroatoms. The van der Waals surface area contributed by atoms with E-state index in [1.54, 1.807) is 0 Å². The maximum absolute atomic E-state index is 13.2. The van der Waals surface area contributed by atoms with Gasteiger partial charge in [0.25, 0.3) is 0 Å². The molecule has 0 spiro atoms. The molecule has 0 bridgehead atoms. The van der Waals surface area contributed by atoms with Crippen molar-refractivity contribution in [1.82, 2.24) is 15.1 Å². The van der Waals surface area contributed by atoms with Gasteiger partial charge in [-0.2, -0.15) is 0 Å². The van der Waals surface area contributed by atoms with Gasteiger partial charge in [0.15, 0.2) is 0 Å². The van der Waals surface area contributed by atoms with Gasteiger partial charge in [-0.1, -0.05) is 36.8 Å². The molecule has 1 unspecified atom stereocenters. The Labute approximate surface area is 157 Å². The van der Waals surface area contributed by atoms with E-state index in [4.69, 9.17) is 0 Å². The second-order valence-corrected chi connectivity index (χ2v) is 8.42. The fourth-order valence-electron chi connectivity index (χ4n) is 4.45. The first-order valence-electron chi connectivity index (χ1n) is 10.6. The minimum Gasteiger partial charge on any atom is -0.341 e. The molecule has 142 valence electrons. The maximum atomic E-state index is 13.2. The molecule has 4 rings (SSSR count). The number of nitrogens with one attached hydrogen (secondary N) is 1. The first kappa shape index (κ1) is 18.0. The van der Waals surface area contributed by atoms with Crippen LogP contribution in [0.15, 0.2) is 30.3 Å². The van der Waals surface area contributed by atoms with Crippen LogP contribution in [0.3, 0.4) is 0 Å². The van der Waals surface area contributed by atoms with Crippen molar-refractivity contribution >= 4 is 5.91 Å². The average molecular weight is 356 g/mol. The van der Waals surface area contributed by atoms with Crippen LogP contribution in [-0.4, -0.2) is 54.0 Å². The molecule has 4 nitrogen and oxygen atoms in total. The Bertz CT molecular complexity index is 578. The van der Waals surface area contributed by atoms with Crippen molar-refractivity contribution in [3.05, 3.63) is 35.9 Å². The van der Waals surface area contributed by atoms with Gasteiger partial charge < -0.3 is 10.2 Å². The normalized spacial score (nSPS) is 25.4. The number of piperidine rings is 2. The molecule has 1 aromatic carbocycles. The van der Waals surface area contributed by atoms with E-state index in [-0.39, 0.29) is 6.04 Å². The lowest BCUT2D eigenvalue weighted by molar-refractivity contribution is -0.139. The summed E-state index contributed by atoms with van der Waals surface area (Å²) in [5.41, 5.74) is 1.31. The maximum Gasteiger partial charge on any atom is 0.239 e. The Hall–Kier alpha value is -1.39. The topological polar surface area (TPSA) is 35.6 Å². The summed E-state index contributed by atoms with van der Waals surface area (Å²) in [6.45, 7) is 4.99. The fourth-order valence-corrected chi connectivity index (χ4v) is 4.45. The summed E-state index contributed by atoms with van der Waals surface area (Å²) in [5, 5.41) is 3.72. The monoisotopic (exact) mass is 355 g/mol. The third-order valence-electron chi connectivity index (χ3n) is 6.33. The Morgan fingerprint density at radius 2 is 1.73 bits per heavy atom. The van der Waals surface area contributed by atoms with Gasteiger partial charge in [-0.25, -0.2) is 0 Å². The molecule has 0 aromatic heterocycles. The number of benzene rings is 1. The summed E-state index contributed by atoms with van der Waals surface area (Å²) in [4.78, 5) is 17.8. The summed E-state index contributed by atoms with van der Waals surface area (Å²) in [6, 6.07) is 11.3. The molecule has 3 fully saturated rings. The zero-order valence-corrected chi connectivity index (χ0v) is 15.9.